The van der Waals surface area contributed by atoms with Crippen molar-refractivity contribution in [3.63, 3.8) is 0 Å². The van der Waals surface area contributed by atoms with Crippen LogP contribution >= 0.6 is 11.3 Å². The van der Waals surface area contributed by atoms with Crippen LogP contribution in [-0.2, 0) is 6.18 Å². The molecule has 10 heteroatoms. The Morgan fingerprint density at radius 1 is 1.14 bits per heavy atom. The van der Waals surface area contributed by atoms with Crippen LogP contribution in [0, 0.1) is 6.92 Å². The first-order valence-corrected chi connectivity index (χ1v) is 6.54. The summed E-state index contributed by atoms with van der Waals surface area (Å²) >= 11 is 0.978. The number of benzene rings is 1. The number of halogens is 3. The van der Waals surface area contributed by atoms with E-state index in [2.05, 4.69) is 15.3 Å². The summed E-state index contributed by atoms with van der Waals surface area (Å²) in [7, 11) is 0. The van der Waals surface area contributed by atoms with Crippen molar-refractivity contribution in [1.29, 1.82) is 0 Å². The number of nitrogens with two attached hydrogens (primary N) is 2. The average Bonchev–Trinajstić information content (AvgIpc) is 2.93. The number of alkyl halides is 3. The molecular weight excluding hydrogens is 305 g/mol. The molecule has 0 amide bonds. The third-order valence-corrected chi connectivity index (χ3v) is 3.93. The predicted molar refractivity (Wildman–Crippen MR) is 72.7 cm³/mol. The molecule has 21 heavy (non-hydrogen) atoms. The highest BCUT2D eigenvalue weighted by Gasteiger charge is 2.38. The largest absolute Gasteiger partial charge is 0.453 e. The molecule has 1 aromatic carbocycles. The summed E-state index contributed by atoms with van der Waals surface area (Å²) in [6, 6.07) is 3.23. The minimum atomic E-state index is -4.61. The van der Waals surface area contributed by atoms with Gasteiger partial charge in [-0.2, -0.15) is 22.8 Å². The summed E-state index contributed by atoms with van der Waals surface area (Å²) in [6.07, 6.45) is -4.61. The molecule has 3 aromatic rings. The number of nitrogen functional groups attached to an aromatic ring is 2. The maximum absolute atomic E-state index is 12.7. The number of anilines is 2. The van der Waals surface area contributed by atoms with Crippen LogP contribution in [0.4, 0.5) is 24.5 Å². The normalized spacial score (nSPS) is 12.2. The second-order valence-corrected chi connectivity index (χ2v) is 5.36. The van der Waals surface area contributed by atoms with E-state index < -0.39 is 12.0 Å². The minimum Gasteiger partial charge on any atom is -0.398 e. The molecule has 0 saturated heterocycles. The van der Waals surface area contributed by atoms with Gasteiger partial charge in [-0.15, -0.1) is 10.2 Å². The summed E-state index contributed by atoms with van der Waals surface area (Å²) in [5.41, 5.74) is 13.8. The first-order valence-electron chi connectivity index (χ1n) is 5.73. The first-order chi connectivity index (χ1) is 9.77. The molecule has 0 saturated carbocycles. The molecule has 6 nitrogen and oxygen atoms in total. The molecule has 0 bridgehead atoms. The van der Waals surface area contributed by atoms with Crippen molar-refractivity contribution < 1.29 is 13.2 Å². The third kappa shape index (κ3) is 2.17. The van der Waals surface area contributed by atoms with Gasteiger partial charge in [0.15, 0.2) is 0 Å². The zero-order valence-electron chi connectivity index (χ0n) is 10.6. The molecular formula is C11H9F3N6S. The molecule has 4 N–H and O–H groups in total. The summed E-state index contributed by atoms with van der Waals surface area (Å²) in [5, 5.41) is 10.8. The van der Waals surface area contributed by atoms with Crippen molar-refractivity contribution in [1.82, 2.24) is 19.8 Å². The van der Waals surface area contributed by atoms with Crippen molar-refractivity contribution in [2.24, 2.45) is 0 Å². The van der Waals surface area contributed by atoms with E-state index in [0.29, 0.717) is 26.5 Å². The number of rotatable bonds is 1. The zero-order valence-corrected chi connectivity index (χ0v) is 11.5. The van der Waals surface area contributed by atoms with E-state index in [0.717, 1.165) is 16.9 Å². The van der Waals surface area contributed by atoms with Crippen LogP contribution in [0.25, 0.3) is 15.5 Å². The highest BCUT2D eigenvalue weighted by Crippen LogP contribution is 2.33. The van der Waals surface area contributed by atoms with Crippen LogP contribution in [0.3, 0.4) is 0 Å². The molecule has 2 aromatic heterocycles. The predicted octanol–water partition coefficient (Wildman–Crippen LogP) is 2.34. The van der Waals surface area contributed by atoms with Gasteiger partial charge < -0.3 is 11.5 Å². The molecule has 0 spiro atoms. The Balaban J connectivity index is 2.16. The Labute approximate surface area is 120 Å². The van der Waals surface area contributed by atoms with Gasteiger partial charge in [0.05, 0.1) is 0 Å². The lowest BCUT2D eigenvalue weighted by Crippen LogP contribution is -2.11. The van der Waals surface area contributed by atoms with E-state index >= 15 is 0 Å². The molecule has 0 unspecified atom stereocenters. The van der Waals surface area contributed by atoms with E-state index in [-0.39, 0.29) is 4.96 Å². The fourth-order valence-corrected chi connectivity index (χ4v) is 2.62. The Morgan fingerprint density at radius 2 is 1.76 bits per heavy atom. The number of fused-ring (bicyclic) bond motifs is 1. The maximum atomic E-state index is 12.7. The van der Waals surface area contributed by atoms with Crippen LogP contribution < -0.4 is 11.5 Å². The van der Waals surface area contributed by atoms with Gasteiger partial charge in [0, 0.05) is 16.9 Å². The summed E-state index contributed by atoms with van der Waals surface area (Å²) < 4.78 is 38.9. The Morgan fingerprint density at radius 3 is 2.33 bits per heavy atom. The highest BCUT2D eigenvalue weighted by molar-refractivity contribution is 7.19. The van der Waals surface area contributed by atoms with E-state index in [1.165, 1.54) is 0 Å². The van der Waals surface area contributed by atoms with Crippen LogP contribution in [0.5, 0.6) is 0 Å². The maximum Gasteiger partial charge on any atom is 0.453 e. The van der Waals surface area contributed by atoms with Crippen LogP contribution in [-0.4, -0.2) is 19.8 Å². The van der Waals surface area contributed by atoms with Gasteiger partial charge in [-0.3, -0.25) is 0 Å². The minimum absolute atomic E-state index is 0.0510. The molecule has 0 radical (unpaired) electrons. The Kier molecular flexibility index (Phi) is 2.80. The smallest absolute Gasteiger partial charge is 0.398 e. The van der Waals surface area contributed by atoms with E-state index in [4.69, 9.17) is 11.5 Å². The van der Waals surface area contributed by atoms with Gasteiger partial charge in [-0.25, -0.2) is 0 Å². The van der Waals surface area contributed by atoms with Crippen molar-refractivity contribution in [2.45, 2.75) is 13.1 Å². The van der Waals surface area contributed by atoms with Gasteiger partial charge >= 0.3 is 6.18 Å². The molecule has 110 valence electrons. The van der Waals surface area contributed by atoms with Crippen LogP contribution in [0.2, 0.25) is 0 Å². The van der Waals surface area contributed by atoms with Crippen molar-refractivity contribution >= 4 is 27.7 Å². The second-order valence-electron chi connectivity index (χ2n) is 4.40. The third-order valence-electron chi connectivity index (χ3n) is 2.98. The fraction of sp³-hybridized carbons (Fsp3) is 0.182. The van der Waals surface area contributed by atoms with Crippen molar-refractivity contribution in [3.8, 4) is 10.6 Å². The number of aromatic nitrogens is 4. The summed E-state index contributed by atoms with van der Waals surface area (Å²) in [6.45, 7) is 1.76. The molecule has 0 fully saturated rings. The number of hydrogen-bond donors (Lipinski definition) is 2. The molecule has 0 aliphatic rings. The average molecular weight is 314 g/mol. The SMILES string of the molecule is Cc1c(N)cc(-c2nn3c(C(F)(F)F)nnc3s2)cc1N. The quantitative estimate of drug-likeness (QED) is 0.672. The van der Waals surface area contributed by atoms with Gasteiger partial charge in [-0.1, -0.05) is 11.3 Å². The Bertz CT molecular complexity index is 811. The van der Waals surface area contributed by atoms with Gasteiger partial charge in [0.2, 0.25) is 4.96 Å². The van der Waals surface area contributed by atoms with E-state index in [9.17, 15) is 13.2 Å². The van der Waals surface area contributed by atoms with Crippen LogP contribution in [0.15, 0.2) is 12.1 Å². The first kappa shape index (κ1) is 13.6. The summed E-state index contributed by atoms with van der Waals surface area (Å²) in [5.74, 6) is -1.16. The monoisotopic (exact) mass is 314 g/mol. The standard InChI is InChI=1S/C11H9F3N6S/c1-4-6(15)2-5(3-7(4)16)8-19-20-9(11(12,13)14)17-18-10(20)21-8/h2-3H,15-16H2,1H3. The highest BCUT2D eigenvalue weighted by atomic mass is 32.1. The molecule has 3 rings (SSSR count). The fourth-order valence-electron chi connectivity index (χ4n) is 1.79. The molecule has 0 atom stereocenters. The van der Waals surface area contributed by atoms with Gasteiger partial charge in [-0.05, 0) is 24.6 Å². The van der Waals surface area contributed by atoms with Crippen molar-refractivity contribution in [3.05, 3.63) is 23.5 Å². The lowest BCUT2D eigenvalue weighted by molar-refractivity contribution is -0.146. The van der Waals surface area contributed by atoms with Gasteiger partial charge in [0.1, 0.15) is 5.01 Å². The number of nitrogens with zero attached hydrogens (tertiary/aromatic N) is 4. The summed E-state index contributed by atoms with van der Waals surface area (Å²) in [4.78, 5) is 0.0510. The Hall–Kier alpha value is -2.36. The molecule has 0 aliphatic carbocycles. The molecule has 2 heterocycles. The zero-order chi connectivity index (χ0) is 15.4. The van der Waals surface area contributed by atoms with Gasteiger partial charge in [0.25, 0.3) is 5.82 Å². The lowest BCUT2D eigenvalue weighted by atomic mass is 10.1. The lowest BCUT2D eigenvalue weighted by Gasteiger charge is -2.06. The van der Waals surface area contributed by atoms with E-state index in [1.807, 2.05) is 0 Å². The van der Waals surface area contributed by atoms with Crippen LogP contribution in [0.1, 0.15) is 11.4 Å². The number of hydrogen-bond acceptors (Lipinski definition) is 6. The second kappa shape index (κ2) is 4.32. The topological polar surface area (TPSA) is 95.1 Å². The molecule has 0 aliphatic heterocycles. The van der Waals surface area contributed by atoms with E-state index in [1.54, 1.807) is 19.1 Å². The van der Waals surface area contributed by atoms with Crippen molar-refractivity contribution in [2.75, 3.05) is 11.5 Å².